The quantitative estimate of drug-likeness (QED) is 0.666. The summed E-state index contributed by atoms with van der Waals surface area (Å²) in [5.74, 6) is 0.446. The van der Waals surface area contributed by atoms with Crippen LogP contribution in [0.2, 0.25) is 0 Å². The SMILES string of the molecule is COc1ccc(N([C@H](C)C(=O)N[C@H](C)c2cc(C)c(C)cc2C)S(C)(=O)=O)cc1OC. The number of nitrogens with zero attached hydrogens (tertiary/aromatic N) is 1. The van der Waals surface area contributed by atoms with Gasteiger partial charge in [0, 0.05) is 6.07 Å². The first-order valence-electron chi connectivity index (χ1n) is 10.00. The molecule has 0 aliphatic heterocycles. The summed E-state index contributed by atoms with van der Waals surface area (Å²) in [5.41, 5.74) is 4.71. The van der Waals surface area contributed by atoms with Gasteiger partial charge in [-0.3, -0.25) is 9.10 Å². The number of carbonyl (C=O) groups excluding carboxylic acids is 1. The van der Waals surface area contributed by atoms with Gasteiger partial charge in [-0.2, -0.15) is 0 Å². The van der Waals surface area contributed by atoms with Crippen molar-refractivity contribution in [1.29, 1.82) is 0 Å². The first-order valence-corrected chi connectivity index (χ1v) is 11.8. The number of rotatable bonds is 8. The van der Waals surface area contributed by atoms with Gasteiger partial charge in [-0.15, -0.1) is 0 Å². The fraction of sp³-hybridized carbons (Fsp3) is 0.435. The fourth-order valence-electron chi connectivity index (χ4n) is 3.63. The van der Waals surface area contributed by atoms with E-state index < -0.39 is 22.0 Å². The van der Waals surface area contributed by atoms with Crippen LogP contribution in [0, 0.1) is 20.8 Å². The van der Waals surface area contributed by atoms with Gasteiger partial charge in [0.15, 0.2) is 11.5 Å². The van der Waals surface area contributed by atoms with Crippen LogP contribution in [0.4, 0.5) is 5.69 Å². The molecule has 2 atom stereocenters. The molecule has 0 spiro atoms. The minimum atomic E-state index is -3.75. The molecule has 0 saturated heterocycles. The van der Waals surface area contributed by atoms with Gasteiger partial charge in [0.2, 0.25) is 15.9 Å². The summed E-state index contributed by atoms with van der Waals surface area (Å²) in [6.45, 7) is 9.53. The molecule has 0 aromatic heterocycles. The van der Waals surface area contributed by atoms with Gasteiger partial charge in [0.1, 0.15) is 6.04 Å². The highest BCUT2D eigenvalue weighted by molar-refractivity contribution is 7.92. The second-order valence-electron chi connectivity index (χ2n) is 7.80. The molecule has 0 radical (unpaired) electrons. The van der Waals surface area contributed by atoms with E-state index in [2.05, 4.69) is 17.4 Å². The molecule has 0 saturated carbocycles. The number of amides is 1. The smallest absolute Gasteiger partial charge is 0.244 e. The first kappa shape index (κ1) is 24.5. The van der Waals surface area contributed by atoms with Crippen LogP contribution in [-0.4, -0.2) is 40.8 Å². The van der Waals surface area contributed by atoms with E-state index in [4.69, 9.17) is 9.47 Å². The number of sulfonamides is 1. The van der Waals surface area contributed by atoms with Gasteiger partial charge in [-0.1, -0.05) is 12.1 Å². The fourth-order valence-corrected chi connectivity index (χ4v) is 4.80. The lowest BCUT2D eigenvalue weighted by molar-refractivity contribution is -0.122. The zero-order valence-corrected chi connectivity index (χ0v) is 20.3. The van der Waals surface area contributed by atoms with Crippen molar-refractivity contribution in [2.45, 2.75) is 46.7 Å². The van der Waals surface area contributed by atoms with Crippen molar-refractivity contribution in [3.8, 4) is 11.5 Å². The largest absolute Gasteiger partial charge is 0.493 e. The lowest BCUT2D eigenvalue weighted by Gasteiger charge is -2.30. The molecule has 2 aromatic rings. The van der Waals surface area contributed by atoms with Crippen LogP contribution < -0.4 is 19.1 Å². The van der Waals surface area contributed by atoms with Crippen molar-refractivity contribution >= 4 is 21.6 Å². The molecule has 31 heavy (non-hydrogen) atoms. The Bertz CT molecular complexity index is 1070. The first-order chi connectivity index (χ1) is 14.4. The summed E-state index contributed by atoms with van der Waals surface area (Å²) in [6, 6.07) is 7.64. The molecule has 0 aliphatic carbocycles. The van der Waals surface area contributed by atoms with E-state index in [9.17, 15) is 13.2 Å². The molecule has 170 valence electrons. The summed E-state index contributed by atoms with van der Waals surface area (Å²) >= 11 is 0. The van der Waals surface area contributed by atoms with E-state index >= 15 is 0 Å². The number of aryl methyl sites for hydroxylation is 3. The number of carbonyl (C=O) groups is 1. The van der Waals surface area contributed by atoms with Gasteiger partial charge in [0.05, 0.1) is 32.2 Å². The Balaban J connectivity index is 2.35. The van der Waals surface area contributed by atoms with Crippen LogP contribution >= 0.6 is 0 Å². The van der Waals surface area contributed by atoms with E-state index in [-0.39, 0.29) is 6.04 Å². The van der Waals surface area contributed by atoms with Crippen LogP contribution in [0.5, 0.6) is 11.5 Å². The van der Waals surface area contributed by atoms with E-state index in [0.29, 0.717) is 17.2 Å². The summed E-state index contributed by atoms with van der Waals surface area (Å²) in [6.07, 6.45) is 1.07. The molecule has 0 aliphatic rings. The highest BCUT2D eigenvalue weighted by Gasteiger charge is 2.30. The number of nitrogens with one attached hydrogen (secondary N) is 1. The molecule has 8 heteroatoms. The maximum absolute atomic E-state index is 13.1. The van der Waals surface area contributed by atoms with Crippen molar-refractivity contribution < 1.29 is 22.7 Å². The minimum Gasteiger partial charge on any atom is -0.493 e. The van der Waals surface area contributed by atoms with Crippen molar-refractivity contribution in [2.75, 3.05) is 24.8 Å². The molecule has 1 amide bonds. The predicted molar refractivity (Wildman–Crippen MR) is 124 cm³/mol. The van der Waals surface area contributed by atoms with Crippen LogP contribution in [0.15, 0.2) is 30.3 Å². The maximum atomic E-state index is 13.1. The zero-order chi connectivity index (χ0) is 23.5. The van der Waals surface area contributed by atoms with E-state index in [1.54, 1.807) is 25.1 Å². The number of methoxy groups -OCH3 is 2. The van der Waals surface area contributed by atoms with E-state index in [0.717, 1.165) is 27.3 Å². The third kappa shape index (κ3) is 5.50. The highest BCUT2D eigenvalue weighted by Crippen LogP contribution is 2.33. The molecule has 0 heterocycles. The number of hydrogen-bond acceptors (Lipinski definition) is 5. The Hall–Kier alpha value is -2.74. The minimum absolute atomic E-state index is 0.277. The Morgan fingerprint density at radius 1 is 0.935 bits per heavy atom. The second-order valence-corrected chi connectivity index (χ2v) is 9.66. The molecule has 0 bridgehead atoms. The van der Waals surface area contributed by atoms with Gasteiger partial charge >= 0.3 is 0 Å². The Labute approximate surface area is 185 Å². The molecule has 0 unspecified atom stereocenters. The molecular weight excluding hydrogens is 416 g/mol. The van der Waals surface area contributed by atoms with Crippen molar-refractivity contribution in [3.63, 3.8) is 0 Å². The molecule has 7 nitrogen and oxygen atoms in total. The van der Waals surface area contributed by atoms with Gasteiger partial charge < -0.3 is 14.8 Å². The Kier molecular flexibility index (Phi) is 7.59. The normalized spacial score (nSPS) is 13.3. The summed E-state index contributed by atoms with van der Waals surface area (Å²) < 4.78 is 36.8. The highest BCUT2D eigenvalue weighted by atomic mass is 32.2. The van der Waals surface area contributed by atoms with E-state index in [1.807, 2.05) is 27.7 Å². The number of hydrogen-bond donors (Lipinski definition) is 1. The third-order valence-corrected chi connectivity index (χ3v) is 6.66. The third-order valence-electron chi connectivity index (χ3n) is 5.42. The van der Waals surface area contributed by atoms with Crippen molar-refractivity contribution in [1.82, 2.24) is 5.32 Å². The average Bonchev–Trinajstić information content (AvgIpc) is 2.69. The monoisotopic (exact) mass is 448 g/mol. The zero-order valence-electron chi connectivity index (χ0n) is 19.4. The topological polar surface area (TPSA) is 84.9 Å². The summed E-state index contributed by atoms with van der Waals surface area (Å²) in [5, 5.41) is 2.96. The Morgan fingerprint density at radius 3 is 2.06 bits per heavy atom. The van der Waals surface area contributed by atoms with Crippen molar-refractivity contribution in [3.05, 3.63) is 52.6 Å². The second kappa shape index (κ2) is 9.60. The van der Waals surface area contributed by atoms with Crippen LogP contribution in [-0.2, 0) is 14.8 Å². The molecule has 1 N–H and O–H groups in total. The molecule has 0 fully saturated rings. The van der Waals surface area contributed by atoms with Gasteiger partial charge in [-0.25, -0.2) is 8.42 Å². The average molecular weight is 449 g/mol. The number of benzene rings is 2. The van der Waals surface area contributed by atoms with Crippen LogP contribution in [0.3, 0.4) is 0 Å². The number of anilines is 1. The van der Waals surface area contributed by atoms with Gasteiger partial charge in [-0.05, 0) is 69.0 Å². The van der Waals surface area contributed by atoms with Crippen LogP contribution in [0.25, 0.3) is 0 Å². The molecule has 2 rings (SSSR count). The maximum Gasteiger partial charge on any atom is 0.244 e. The number of ether oxygens (including phenoxy) is 2. The standard InChI is InChI=1S/C23H32N2O5S/c1-14-11-16(3)20(12-15(14)2)17(4)24-23(26)18(5)25(31(8,27)28)19-9-10-21(29-6)22(13-19)30-7/h9-13,17-18H,1-8H3,(H,24,26)/t17-,18-/m1/s1. The summed E-state index contributed by atoms with van der Waals surface area (Å²) in [7, 11) is -0.785. The Morgan fingerprint density at radius 2 is 1.52 bits per heavy atom. The van der Waals surface area contributed by atoms with Crippen LogP contribution in [0.1, 0.15) is 42.1 Å². The van der Waals surface area contributed by atoms with Crippen molar-refractivity contribution in [2.24, 2.45) is 0 Å². The lowest BCUT2D eigenvalue weighted by atomic mass is 9.96. The van der Waals surface area contributed by atoms with Gasteiger partial charge in [0.25, 0.3) is 0 Å². The lowest BCUT2D eigenvalue weighted by Crippen LogP contribution is -2.48. The molecular formula is C23H32N2O5S. The predicted octanol–water partition coefficient (Wildman–Crippen LogP) is 3.66. The summed E-state index contributed by atoms with van der Waals surface area (Å²) in [4.78, 5) is 13.1. The van der Waals surface area contributed by atoms with E-state index in [1.165, 1.54) is 19.8 Å². The molecule has 2 aromatic carbocycles.